The van der Waals surface area contributed by atoms with E-state index >= 15 is 0 Å². The van der Waals surface area contributed by atoms with Crippen LogP contribution in [0.4, 0.5) is 16.2 Å². The lowest BCUT2D eigenvalue weighted by atomic mass is 9.99. The van der Waals surface area contributed by atoms with Crippen LogP contribution in [0.1, 0.15) is 0 Å². The van der Waals surface area contributed by atoms with Crippen LogP contribution in [0.2, 0.25) is 0 Å². The summed E-state index contributed by atoms with van der Waals surface area (Å²) in [5, 5.41) is 1.61. The van der Waals surface area contributed by atoms with Gasteiger partial charge in [0.05, 0.1) is 16.4 Å². The molecular formula is C17H14FN5. The van der Waals surface area contributed by atoms with Gasteiger partial charge in [-0.15, -0.1) is 0 Å². The summed E-state index contributed by atoms with van der Waals surface area (Å²) in [5.74, 6) is 0.137. The quantitative estimate of drug-likeness (QED) is 0.566. The van der Waals surface area contributed by atoms with Crippen molar-refractivity contribution in [3.05, 3.63) is 48.4 Å². The van der Waals surface area contributed by atoms with Gasteiger partial charge in [-0.2, -0.15) is 4.98 Å². The summed E-state index contributed by atoms with van der Waals surface area (Å²) >= 11 is 0. The van der Waals surface area contributed by atoms with Crippen LogP contribution in [0.15, 0.2) is 42.6 Å². The molecule has 0 unspecified atom stereocenters. The Morgan fingerprint density at radius 1 is 1.04 bits per heavy atom. The van der Waals surface area contributed by atoms with Crippen molar-refractivity contribution in [2.24, 2.45) is 7.05 Å². The molecule has 114 valence electrons. The summed E-state index contributed by atoms with van der Waals surface area (Å²) in [7, 11) is 1.91. The maximum atomic E-state index is 14.3. The molecule has 5 nitrogen and oxygen atoms in total. The topological polar surface area (TPSA) is 82.8 Å². The average molecular weight is 307 g/mol. The van der Waals surface area contributed by atoms with Crippen LogP contribution in [-0.4, -0.2) is 14.5 Å². The Morgan fingerprint density at radius 2 is 1.83 bits per heavy atom. The highest BCUT2D eigenvalue weighted by Crippen LogP contribution is 2.37. The molecule has 0 bridgehead atoms. The minimum absolute atomic E-state index is 0.102. The maximum Gasteiger partial charge on any atom is 0.222 e. The third-order valence-corrected chi connectivity index (χ3v) is 4.02. The Morgan fingerprint density at radius 3 is 2.61 bits per heavy atom. The lowest BCUT2D eigenvalue weighted by Gasteiger charge is -2.11. The Bertz CT molecular complexity index is 1070. The number of benzene rings is 2. The number of fused-ring (bicyclic) bond motifs is 3. The number of rotatable bonds is 1. The van der Waals surface area contributed by atoms with E-state index in [1.54, 1.807) is 18.2 Å². The molecule has 0 radical (unpaired) electrons. The van der Waals surface area contributed by atoms with Crippen LogP contribution in [0.5, 0.6) is 0 Å². The number of aryl methyl sites for hydroxylation is 1. The molecular weight excluding hydrogens is 293 g/mol. The van der Waals surface area contributed by atoms with Gasteiger partial charge in [-0.05, 0) is 18.2 Å². The van der Waals surface area contributed by atoms with Crippen molar-refractivity contribution in [2.45, 2.75) is 0 Å². The van der Waals surface area contributed by atoms with Gasteiger partial charge in [0.2, 0.25) is 5.95 Å². The molecule has 2 aromatic heterocycles. The minimum atomic E-state index is -0.288. The van der Waals surface area contributed by atoms with Gasteiger partial charge in [-0.3, -0.25) is 0 Å². The van der Waals surface area contributed by atoms with Crippen molar-refractivity contribution in [3.8, 4) is 11.1 Å². The fourth-order valence-electron chi connectivity index (χ4n) is 3.05. The summed E-state index contributed by atoms with van der Waals surface area (Å²) in [6, 6.07) is 10.4. The standard InChI is InChI=1S/C17H14FN5/c1-23-7-6-10-14-13(21-17(20)22-16(14)19)8-11(15(10)23)9-4-2-3-5-12(9)18/h2-8H,1H3,(H4,19,20,21,22). The Labute approximate surface area is 131 Å². The lowest BCUT2D eigenvalue weighted by molar-refractivity contribution is 0.631. The van der Waals surface area contributed by atoms with Gasteiger partial charge in [-0.1, -0.05) is 18.2 Å². The number of halogens is 1. The average Bonchev–Trinajstić information content (AvgIpc) is 2.88. The van der Waals surface area contributed by atoms with E-state index in [4.69, 9.17) is 11.5 Å². The first-order valence-electron chi connectivity index (χ1n) is 7.12. The van der Waals surface area contributed by atoms with E-state index in [9.17, 15) is 4.39 Å². The van der Waals surface area contributed by atoms with Crippen LogP contribution < -0.4 is 11.5 Å². The van der Waals surface area contributed by atoms with Crippen molar-refractivity contribution in [2.75, 3.05) is 11.5 Å². The normalized spacial score (nSPS) is 11.4. The molecule has 0 aliphatic carbocycles. The minimum Gasteiger partial charge on any atom is -0.383 e. The van der Waals surface area contributed by atoms with Crippen molar-refractivity contribution >= 4 is 33.6 Å². The van der Waals surface area contributed by atoms with Gasteiger partial charge in [0.1, 0.15) is 11.6 Å². The van der Waals surface area contributed by atoms with Gasteiger partial charge >= 0.3 is 0 Å². The van der Waals surface area contributed by atoms with Crippen LogP contribution in [-0.2, 0) is 7.05 Å². The number of anilines is 2. The predicted octanol–water partition coefficient (Wildman–Crippen LogP) is 3.09. The monoisotopic (exact) mass is 307 g/mol. The molecule has 0 aliphatic heterocycles. The zero-order valence-electron chi connectivity index (χ0n) is 12.4. The van der Waals surface area contributed by atoms with Gasteiger partial charge in [0, 0.05) is 29.8 Å². The first-order chi connectivity index (χ1) is 11.1. The van der Waals surface area contributed by atoms with Crippen molar-refractivity contribution in [3.63, 3.8) is 0 Å². The van der Waals surface area contributed by atoms with Crippen LogP contribution >= 0.6 is 0 Å². The third kappa shape index (κ3) is 1.92. The summed E-state index contributed by atoms with van der Waals surface area (Å²) in [6.45, 7) is 0. The summed E-state index contributed by atoms with van der Waals surface area (Å²) in [6.07, 6.45) is 1.91. The summed E-state index contributed by atoms with van der Waals surface area (Å²) in [5.41, 5.74) is 14.5. The molecule has 0 saturated heterocycles. The van der Waals surface area contributed by atoms with Crippen LogP contribution in [0.25, 0.3) is 32.9 Å². The predicted molar refractivity (Wildman–Crippen MR) is 90.2 cm³/mol. The number of nitrogens with zero attached hydrogens (tertiary/aromatic N) is 3. The molecule has 4 aromatic rings. The third-order valence-electron chi connectivity index (χ3n) is 4.02. The summed E-state index contributed by atoms with van der Waals surface area (Å²) < 4.78 is 16.2. The van der Waals surface area contributed by atoms with E-state index in [1.165, 1.54) is 6.07 Å². The fourth-order valence-corrected chi connectivity index (χ4v) is 3.05. The van der Waals surface area contributed by atoms with E-state index in [1.807, 2.05) is 29.9 Å². The highest BCUT2D eigenvalue weighted by molar-refractivity contribution is 6.15. The van der Waals surface area contributed by atoms with Crippen LogP contribution in [0.3, 0.4) is 0 Å². The highest BCUT2D eigenvalue weighted by atomic mass is 19.1. The van der Waals surface area contributed by atoms with Gasteiger partial charge in [-0.25, -0.2) is 9.37 Å². The molecule has 6 heteroatoms. The zero-order chi connectivity index (χ0) is 16.1. The highest BCUT2D eigenvalue weighted by Gasteiger charge is 2.17. The second-order valence-electron chi connectivity index (χ2n) is 5.45. The molecule has 4 N–H and O–H groups in total. The Balaban J connectivity index is 2.23. The molecule has 0 amide bonds. The Hall–Kier alpha value is -3.15. The molecule has 2 heterocycles. The van der Waals surface area contributed by atoms with Crippen LogP contribution in [0, 0.1) is 5.82 Å². The van der Waals surface area contributed by atoms with Crippen molar-refractivity contribution < 1.29 is 4.39 Å². The summed E-state index contributed by atoms with van der Waals surface area (Å²) in [4.78, 5) is 8.31. The van der Waals surface area contributed by atoms with Gasteiger partial charge < -0.3 is 16.0 Å². The first kappa shape index (κ1) is 13.5. The molecule has 0 spiro atoms. The van der Waals surface area contributed by atoms with Crippen molar-refractivity contribution in [1.82, 2.24) is 14.5 Å². The number of aromatic nitrogens is 3. The second-order valence-corrected chi connectivity index (χ2v) is 5.45. The van der Waals surface area contributed by atoms with E-state index in [-0.39, 0.29) is 11.8 Å². The number of hydrogen-bond acceptors (Lipinski definition) is 4. The molecule has 0 atom stereocenters. The zero-order valence-corrected chi connectivity index (χ0v) is 12.4. The van der Waals surface area contributed by atoms with E-state index < -0.39 is 0 Å². The second kappa shape index (κ2) is 4.67. The lowest BCUT2D eigenvalue weighted by Crippen LogP contribution is -2.01. The number of hydrogen-bond donors (Lipinski definition) is 2. The van der Waals surface area contributed by atoms with E-state index in [0.717, 1.165) is 21.9 Å². The molecule has 0 saturated carbocycles. The van der Waals surface area contributed by atoms with Gasteiger partial charge in [0.25, 0.3) is 0 Å². The first-order valence-corrected chi connectivity index (χ1v) is 7.12. The molecule has 2 aromatic carbocycles. The SMILES string of the molecule is Cn1ccc2c3c(N)nc(N)nc3cc(-c3ccccc3F)c21. The van der Waals surface area contributed by atoms with E-state index in [0.29, 0.717) is 16.9 Å². The molecule has 0 aliphatic rings. The van der Waals surface area contributed by atoms with Gasteiger partial charge in [0.15, 0.2) is 0 Å². The maximum absolute atomic E-state index is 14.3. The molecule has 23 heavy (non-hydrogen) atoms. The smallest absolute Gasteiger partial charge is 0.222 e. The largest absolute Gasteiger partial charge is 0.383 e. The molecule has 0 fully saturated rings. The fraction of sp³-hybridized carbons (Fsp3) is 0.0588. The molecule has 4 rings (SSSR count). The number of nitrogens with two attached hydrogens (primary N) is 2. The van der Waals surface area contributed by atoms with E-state index in [2.05, 4.69) is 9.97 Å². The number of nitrogen functional groups attached to an aromatic ring is 2. The van der Waals surface area contributed by atoms with Crippen molar-refractivity contribution in [1.29, 1.82) is 0 Å². The Kier molecular flexibility index (Phi) is 2.74.